The standard InChI is InChI=1S/C27H29N3O2/c28-26(31)23-12-7-17-30(19-23)18-20-13-15-24(16-14-20)29-27(32)25(21-8-3-1-4-9-21)22-10-5-2-6-11-22/h1-6,8-11,13-16,23,25H,7,12,17-19H2,(H2,28,31)(H,29,32). The summed E-state index contributed by atoms with van der Waals surface area (Å²) in [6.07, 6.45) is 1.86. The molecule has 0 aromatic heterocycles. The third kappa shape index (κ3) is 5.42. The highest BCUT2D eigenvalue weighted by Crippen LogP contribution is 2.26. The lowest BCUT2D eigenvalue weighted by atomic mass is 9.90. The summed E-state index contributed by atoms with van der Waals surface area (Å²) in [6.45, 7) is 2.45. The Labute approximate surface area is 189 Å². The largest absolute Gasteiger partial charge is 0.369 e. The third-order valence-electron chi connectivity index (χ3n) is 6.06. The minimum Gasteiger partial charge on any atom is -0.369 e. The van der Waals surface area contributed by atoms with E-state index in [-0.39, 0.29) is 23.7 Å². The molecule has 4 rings (SSSR count). The smallest absolute Gasteiger partial charge is 0.236 e. The number of piperidine rings is 1. The maximum absolute atomic E-state index is 13.3. The molecule has 1 aliphatic heterocycles. The number of hydrogen-bond donors (Lipinski definition) is 2. The van der Waals surface area contributed by atoms with E-state index >= 15 is 0 Å². The van der Waals surface area contributed by atoms with E-state index in [1.165, 1.54) is 0 Å². The topological polar surface area (TPSA) is 75.4 Å². The van der Waals surface area contributed by atoms with Gasteiger partial charge in [0.25, 0.3) is 0 Å². The predicted octanol–water partition coefficient (Wildman–Crippen LogP) is 4.15. The molecule has 1 heterocycles. The van der Waals surface area contributed by atoms with Crippen LogP contribution in [0.2, 0.25) is 0 Å². The van der Waals surface area contributed by atoms with E-state index in [2.05, 4.69) is 10.2 Å². The van der Waals surface area contributed by atoms with Crippen LogP contribution in [-0.4, -0.2) is 29.8 Å². The first-order chi connectivity index (χ1) is 15.6. The number of primary amides is 1. The SMILES string of the molecule is NC(=O)C1CCCN(Cc2ccc(NC(=O)C(c3ccccc3)c3ccccc3)cc2)C1. The van der Waals surface area contributed by atoms with Crippen molar-refractivity contribution in [1.29, 1.82) is 0 Å². The number of nitrogens with one attached hydrogen (secondary N) is 1. The van der Waals surface area contributed by atoms with Crippen LogP contribution in [0.5, 0.6) is 0 Å². The molecular formula is C27H29N3O2. The second-order valence-corrected chi connectivity index (χ2v) is 8.42. The molecule has 3 aromatic rings. The molecule has 5 heteroatoms. The van der Waals surface area contributed by atoms with E-state index in [1.807, 2.05) is 84.9 Å². The second-order valence-electron chi connectivity index (χ2n) is 8.42. The van der Waals surface area contributed by atoms with Gasteiger partial charge in [-0.3, -0.25) is 14.5 Å². The van der Waals surface area contributed by atoms with E-state index < -0.39 is 0 Å². The molecule has 0 spiro atoms. The van der Waals surface area contributed by atoms with Crippen LogP contribution in [0.1, 0.15) is 35.4 Å². The van der Waals surface area contributed by atoms with Gasteiger partial charge in [-0.1, -0.05) is 72.8 Å². The van der Waals surface area contributed by atoms with Crippen molar-refractivity contribution in [1.82, 2.24) is 4.90 Å². The van der Waals surface area contributed by atoms with Crippen LogP contribution in [0.3, 0.4) is 0 Å². The number of likely N-dealkylation sites (tertiary alicyclic amines) is 1. The molecule has 0 saturated carbocycles. The Kier molecular flexibility index (Phi) is 6.97. The Balaban J connectivity index is 1.44. The fourth-order valence-corrected chi connectivity index (χ4v) is 4.38. The molecule has 1 unspecified atom stereocenters. The fraction of sp³-hybridized carbons (Fsp3) is 0.259. The number of benzene rings is 3. The average Bonchev–Trinajstić information content (AvgIpc) is 2.82. The van der Waals surface area contributed by atoms with Crippen molar-refractivity contribution in [3.63, 3.8) is 0 Å². The quantitative estimate of drug-likeness (QED) is 0.595. The molecule has 2 amide bonds. The Bertz CT molecular complexity index is 996. The number of anilines is 1. The van der Waals surface area contributed by atoms with Crippen LogP contribution in [0.25, 0.3) is 0 Å². The molecule has 164 valence electrons. The Hall–Kier alpha value is -3.44. The summed E-state index contributed by atoms with van der Waals surface area (Å²) >= 11 is 0. The number of carbonyl (C=O) groups is 2. The molecule has 1 saturated heterocycles. The molecule has 0 bridgehead atoms. The summed E-state index contributed by atoms with van der Waals surface area (Å²) in [7, 11) is 0. The molecular weight excluding hydrogens is 398 g/mol. The van der Waals surface area contributed by atoms with E-state index in [1.54, 1.807) is 0 Å². The van der Waals surface area contributed by atoms with E-state index in [9.17, 15) is 9.59 Å². The normalized spacial score (nSPS) is 16.6. The third-order valence-corrected chi connectivity index (χ3v) is 6.06. The van der Waals surface area contributed by atoms with Gasteiger partial charge in [-0.25, -0.2) is 0 Å². The highest BCUT2D eigenvalue weighted by atomic mass is 16.2. The van der Waals surface area contributed by atoms with Crippen molar-refractivity contribution in [2.45, 2.75) is 25.3 Å². The lowest BCUT2D eigenvalue weighted by Crippen LogP contribution is -2.40. The van der Waals surface area contributed by atoms with Gasteiger partial charge in [0.05, 0.1) is 11.8 Å². The number of rotatable bonds is 7. The Morgan fingerprint density at radius 3 is 2.06 bits per heavy atom. The van der Waals surface area contributed by atoms with Crippen molar-refractivity contribution >= 4 is 17.5 Å². The number of nitrogens with two attached hydrogens (primary N) is 1. The number of nitrogens with zero attached hydrogens (tertiary/aromatic N) is 1. The summed E-state index contributed by atoms with van der Waals surface area (Å²) in [5, 5.41) is 3.08. The maximum Gasteiger partial charge on any atom is 0.236 e. The first kappa shape index (κ1) is 21.8. The molecule has 0 radical (unpaired) electrons. The van der Waals surface area contributed by atoms with Crippen LogP contribution < -0.4 is 11.1 Å². The van der Waals surface area contributed by atoms with E-state index in [4.69, 9.17) is 5.73 Å². The van der Waals surface area contributed by atoms with Gasteiger partial charge in [-0.2, -0.15) is 0 Å². The number of amides is 2. The summed E-state index contributed by atoms with van der Waals surface area (Å²) in [4.78, 5) is 27.0. The first-order valence-corrected chi connectivity index (χ1v) is 11.1. The molecule has 1 fully saturated rings. The van der Waals surface area contributed by atoms with E-state index in [0.29, 0.717) is 6.54 Å². The van der Waals surface area contributed by atoms with E-state index in [0.717, 1.165) is 48.3 Å². The van der Waals surface area contributed by atoms with Gasteiger partial charge < -0.3 is 11.1 Å². The Morgan fingerprint density at radius 1 is 0.906 bits per heavy atom. The number of carbonyl (C=O) groups excluding carboxylic acids is 2. The van der Waals surface area contributed by atoms with Gasteiger partial charge in [0.1, 0.15) is 0 Å². The van der Waals surface area contributed by atoms with Crippen LogP contribution in [0.15, 0.2) is 84.9 Å². The highest BCUT2D eigenvalue weighted by Gasteiger charge is 2.24. The van der Waals surface area contributed by atoms with Crippen LogP contribution in [-0.2, 0) is 16.1 Å². The van der Waals surface area contributed by atoms with Gasteiger partial charge in [0, 0.05) is 18.8 Å². The van der Waals surface area contributed by atoms with Gasteiger partial charge in [-0.05, 0) is 48.2 Å². The molecule has 1 aliphatic rings. The summed E-state index contributed by atoms with van der Waals surface area (Å²) in [5.41, 5.74) is 9.33. The minimum absolute atomic E-state index is 0.0597. The zero-order chi connectivity index (χ0) is 22.3. The van der Waals surface area contributed by atoms with Gasteiger partial charge >= 0.3 is 0 Å². The lowest BCUT2D eigenvalue weighted by molar-refractivity contribution is -0.123. The van der Waals surface area contributed by atoms with Crippen molar-refractivity contribution < 1.29 is 9.59 Å². The Morgan fingerprint density at radius 2 is 1.50 bits per heavy atom. The van der Waals surface area contributed by atoms with Crippen molar-refractivity contribution in [2.75, 3.05) is 18.4 Å². The second kappa shape index (κ2) is 10.2. The van der Waals surface area contributed by atoms with Crippen molar-refractivity contribution in [3.8, 4) is 0 Å². The lowest BCUT2D eigenvalue weighted by Gasteiger charge is -2.31. The fourth-order valence-electron chi connectivity index (χ4n) is 4.38. The molecule has 5 nitrogen and oxygen atoms in total. The predicted molar refractivity (Wildman–Crippen MR) is 127 cm³/mol. The zero-order valence-corrected chi connectivity index (χ0v) is 18.1. The molecule has 3 N–H and O–H groups in total. The zero-order valence-electron chi connectivity index (χ0n) is 18.1. The van der Waals surface area contributed by atoms with Gasteiger partial charge in [0.2, 0.25) is 11.8 Å². The first-order valence-electron chi connectivity index (χ1n) is 11.1. The summed E-state index contributed by atoms with van der Waals surface area (Å²) < 4.78 is 0. The van der Waals surface area contributed by atoms with Gasteiger partial charge in [0.15, 0.2) is 0 Å². The van der Waals surface area contributed by atoms with Crippen molar-refractivity contribution in [2.24, 2.45) is 11.7 Å². The minimum atomic E-state index is -0.379. The maximum atomic E-state index is 13.3. The molecule has 0 aliphatic carbocycles. The molecule has 32 heavy (non-hydrogen) atoms. The molecule has 1 atom stereocenters. The summed E-state index contributed by atoms with van der Waals surface area (Å²) in [5.74, 6) is -0.707. The van der Waals surface area contributed by atoms with Crippen molar-refractivity contribution in [3.05, 3.63) is 102 Å². The highest BCUT2D eigenvalue weighted by molar-refractivity contribution is 5.98. The van der Waals surface area contributed by atoms with Crippen LogP contribution in [0.4, 0.5) is 5.69 Å². The summed E-state index contributed by atoms with van der Waals surface area (Å²) in [6, 6.07) is 27.6. The van der Waals surface area contributed by atoms with Gasteiger partial charge in [-0.15, -0.1) is 0 Å². The van der Waals surface area contributed by atoms with Crippen LogP contribution in [0, 0.1) is 5.92 Å². The average molecular weight is 428 g/mol. The molecule has 3 aromatic carbocycles. The number of hydrogen-bond acceptors (Lipinski definition) is 3. The van der Waals surface area contributed by atoms with Crippen LogP contribution >= 0.6 is 0 Å². The monoisotopic (exact) mass is 427 g/mol.